The molecule has 2 aromatic rings. The number of rotatable bonds is 7. The van der Waals surface area contributed by atoms with Crippen LogP contribution in [0.15, 0.2) is 41.3 Å². The molecule has 8 heteroatoms. The Balaban J connectivity index is 2.30. The van der Waals surface area contributed by atoms with Crippen LogP contribution in [0.5, 0.6) is 5.75 Å². The maximum atomic E-state index is 12.9. The van der Waals surface area contributed by atoms with E-state index in [9.17, 15) is 8.42 Å². The maximum absolute atomic E-state index is 12.9. The minimum atomic E-state index is -3.55. The first-order valence-corrected chi connectivity index (χ1v) is 10.9. The smallest absolute Gasteiger partial charge is 0.243 e. The average Bonchev–Trinajstić information content (AvgIpc) is 2.66. The summed E-state index contributed by atoms with van der Waals surface area (Å²) >= 11 is 5.41. The highest BCUT2D eigenvalue weighted by Gasteiger charge is 2.23. The van der Waals surface area contributed by atoms with E-state index in [0.717, 1.165) is 16.8 Å². The van der Waals surface area contributed by atoms with Crippen LogP contribution < -0.4 is 15.4 Å². The Bertz CT molecular complexity index is 955. The van der Waals surface area contributed by atoms with Crippen molar-refractivity contribution < 1.29 is 13.2 Å². The highest BCUT2D eigenvalue weighted by atomic mass is 32.2. The van der Waals surface area contributed by atoms with E-state index in [1.54, 1.807) is 19.2 Å². The van der Waals surface area contributed by atoms with Crippen LogP contribution in [0.3, 0.4) is 0 Å². The van der Waals surface area contributed by atoms with E-state index in [4.69, 9.17) is 17.0 Å². The highest BCUT2D eigenvalue weighted by Crippen LogP contribution is 2.26. The Labute approximate surface area is 173 Å². The summed E-state index contributed by atoms with van der Waals surface area (Å²) in [7, 11) is -1.95. The van der Waals surface area contributed by atoms with Crippen molar-refractivity contribution in [2.24, 2.45) is 0 Å². The lowest BCUT2D eigenvalue weighted by molar-refractivity contribution is 0.415. The predicted octanol–water partition coefficient (Wildman–Crippen LogP) is 4.15. The SMILES string of the molecule is CCN(CC)S(=O)(=O)c1cc(C)c(C)c(NC(=S)Nc2cccc(OC)c2)c1. The molecule has 0 fully saturated rings. The number of thiocarbonyl (C=S) groups is 1. The van der Waals surface area contributed by atoms with Gasteiger partial charge in [0.1, 0.15) is 5.75 Å². The molecular formula is C20H27N3O3S2. The first-order chi connectivity index (χ1) is 13.2. The molecule has 2 N–H and O–H groups in total. The zero-order valence-electron chi connectivity index (χ0n) is 16.9. The lowest BCUT2D eigenvalue weighted by atomic mass is 10.1. The third-order valence-electron chi connectivity index (χ3n) is 4.56. The van der Waals surface area contributed by atoms with Crippen molar-refractivity contribution in [2.75, 3.05) is 30.8 Å². The molecule has 0 spiro atoms. The summed E-state index contributed by atoms with van der Waals surface area (Å²) < 4.78 is 32.4. The quantitative estimate of drug-likeness (QED) is 0.655. The van der Waals surface area contributed by atoms with Gasteiger partial charge in [-0.05, 0) is 61.5 Å². The first kappa shape index (κ1) is 22.1. The molecule has 0 aliphatic rings. The van der Waals surface area contributed by atoms with Gasteiger partial charge in [0.25, 0.3) is 0 Å². The number of nitrogens with one attached hydrogen (secondary N) is 2. The summed E-state index contributed by atoms with van der Waals surface area (Å²) in [6.45, 7) is 8.32. The van der Waals surface area contributed by atoms with Gasteiger partial charge in [-0.3, -0.25) is 0 Å². The van der Waals surface area contributed by atoms with Crippen molar-refractivity contribution in [1.29, 1.82) is 0 Å². The fourth-order valence-electron chi connectivity index (χ4n) is 2.80. The topological polar surface area (TPSA) is 70.7 Å². The van der Waals surface area contributed by atoms with Gasteiger partial charge in [-0.15, -0.1) is 0 Å². The van der Waals surface area contributed by atoms with Crippen molar-refractivity contribution in [1.82, 2.24) is 4.31 Å². The van der Waals surface area contributed by atoms with Crippen LogP contribution in [0.25, 0.3) is 0 Å². The summed E-state index contributed by atoms with van der Waals surface area (Å²) in [4.78, 5) is 0.256. The molecule has 0 aliphatic heterocycles. The van der Waals surface area contributed by atoms with Gasteiger partial charge in [-0.2, -0.15) is 4.31 Å². The summed E-state index contributed by atoms with van der Waals surface area (Å²) in [5, 5.41) is 6.59. The van der Waals surface area contributed by atoms with Crippen LogP contribution in [0.2, 0.25) is 0 Å². The van der Waals surface area contributed by atoms with Crippen molar-refractivity contribution in [3.8, 4) is 5.75 Å². The van der Waals surface area contributed by atoms with E-state index in [2.05, 4.69) is 10.6 Å². The van der Waals surface area contributed by atoms with Crippen LogP contribution in [0, 0.1) is 13.8 Å². The number of methoxy groups -OCH3 is 1. The monoisotopic (exact) mass is 421 g/mol. The average molecular weight is 422 g/mol. The number of hydrogen-bond acceptors (Lipinski definition) is 4. The molecule has 0 unspecified atom stereocenters. The number of benzene rings is 2. The fourth-order valence-corrected chi connectivity index (χ4v) is 4.60. The second-order valence-electron chi connectivity index (χ2n) is 6.31. The van der Waals surface area contributed by atoms with Crippen molar-refractivity contribution in [3.63, 3.8) is 0 Å². The molecule has 0 atom stereocenters. The van der Waals surface area contributed by atoms with Crippen LogP contribution in [-0.2, 0) is 10.0 Å². The molecule has 2 aromatic carbocycles. The number of sulfonamides is 1. The third-order valence-corrected chi connectivity index (χ3v) is 6.79. The van der Waals surface area contributed by atoms with Crippen LogP contribution in [0.1, 0.15) is 25.0 Å². The standard InChI is InChI=1S/C20H27N3O3S2/c1-6-23(7-2)28(24,25)18-11-14(3)15(4)19(13-18)22-20(27)21-16-9-8-10-17(12-16)26-5/h8-13H,6-7H2,1-5H3,(H2,21,22,27). The van der Waals surface area contributed by atoms with Gasteiger partial charge < -0.3 is 15.4 Å². The highest BCUT2D eigenvalue weighted by molar-refractivity contribution is 7.89. The Morgan fingerprint density at radius 2 is 1.79 bits per heavy atom. The second kappa shape index (κ2) is 9.36. The van der Waals surface area contributed by atoms with Gasteiger partial charge in [0, 0.05) is 30.5 Å². The third kappa shape index (κ3) is 5.01. The summed E-state index contributed by atoms with van der Waals surface area (Å²) in [6, 6.07) is 10.7. The Kier molecular flexibility index (Phi) is 7.40. The molecule has 0 aliphatic carbocycles. The zero-order valence-corrected chi connectivity index (χ0v) is 18.5. The molecule has 152 valence electrons. The molecule has 0 heterocycles. The van der Waals surface area contributed by atoms with Gasteiger partial charge in [0.05, 0.1) is 12.0 Å². The molecule has 0 saturated carbocycles. The van der Waals surface area contributed by atoms with E-state index >= 15 is 0 Å². The molecule has 0 radical (unpaired) electrons. The lowest BCUT2D eigenvalue weighted by Gasteiger charge is -2.21. The van der Waals surface area contributed by atoms with Gasteiger partial charge in [-0.25, -0.2) is 8.42 Å². The van der Waals surface area contributed by atoms with E-state index in [0.29, 0.717) is 29.6 Å². The van der Waals surface area contributed by atoms with Crippen LogP contribution in [-0.4, -0.2) is 38.0 Å². The molecule has 0 aromatic heterocycles. The molecule has 0 saturated heterocycles. The molecular weight excluding hydrogens is 394 g/mol. The van der Waals surface area contributed by atoms with Crippen LogP contribution in [0.4, 0.5) is 11.4 Å². The number of ether oxygens (including phenoxy) is 1. The van der Waals surface area contributed by atoms with Gasteiger partial charge in [0.2, 0.25) is 10.0 Å². The molecule has 0 bridgehead atoms. The maximum Gasteiger partial charge on any atom is 0.243 e. The number of anilines is 2. The van der Waals surface area contributed by atoms with Crippen molar-refractivity contribution >= 4 is 38.7 Å². The number of nitrogens with zero attached hydrogens (tertiary/aromatic N) is 1. The number of hydrogen-bond donors (Lipinski definition) is 2. The Morgan fingerprint density at radius 3 is 2.39 bits per heavy atom. The van der Waals surface area contributed by atoms with Gasteiger partial charge in [0.15, 0.2) is 5.11 Å². The molecule has 2 rings (SSSR count). The minimum Gasteiger partial charge on any atom is -0.497 e. The molecule has 6 nitrogen and oxygen atoms in total. The molecule has 28 heavy (non-hydrogen) atoms. The summed E-state index contributed by atoms with van der Waals surface area (Å²) in [5.41, 5.74) is 3.25. The first-order valence-electron chi connectivity index (χ1n) is 9.06. The normalized spacial score (nSPS) is 11.4. The van der Waals surface area contributed by atoms with Crippen molar-refractivity contribution in [2.45, 2.75) is 32.6 Å². The summed E-state index contributed by atoms with van der Waals surface area (Å²) in [6.07, 6.45) is 0. The largest absolute Gasteiger partial charge is 0.497 e. The molecule has 0 amide bonds. The Morgan fingerprint density at radius 1 is 1.11 bits per heavy atom. The van der Waals surface area contributed by atoms with Crippen molar-refractivity contribution in [3.05, 3.63) is 47.5 Å². The second-order valence-corrected chi connectivity index (χ2v) is 8.66. The van der Waals surface area contributed by atoms with E-state index in [1.807, 2.05) is 52.0 Å². The number of aryl methyl sites for hydroxylation is 1. The van der Waals surface area contributed by atoms with Gasteiger partial charge >= 0.3 is 0 Å². The summed E-state index contributed by atoms with van der Waals surface area (Å²) in [5.74, 6) is 0.715. The predicted molar refractivity (Wildman–Crippen MR) is 119 cm³/mol. The minimum absolute atomic E-state index is 0.256. The van der Waals surface area contributed by atoms with E-state index in [1.165, 1.54) is 4.31 Å². The van der Waals surface area contributed by atoms with Crippen LogP contribution >= 0.6 is 12.2 Å². The lowest BCUT2D eigenvalue weighted by Crippen LogP contribution is -2.31. The Hall–Kier alpha value is -2.16. The van der Waals surface area contributed by atoms with E-state index < -0.39 is 10.0 Å². The zero-order chi connectivity index (χ0) is 20.9. The van der Waals surface area contributed by atoms with E-state index in [-0.39, 0.29) is 4.90 Å². The fraction of sp³-hybridized carbons (Fsp3) is 0.350. The van der Waals surface area contributed by atoms with Gasteiger partial charge in [-0.1, -0.05) is 19.9 Å².